The van der Waals surface area contributed by atoms with Crippen molar-refractivity contribution in [2.45, 2.75) is 50.4 Å². The number of thioether (sulfide) groups is 1. The zero-order chi connectivity index (χ0) is 28.9. The lowest BCUT2D eigenvalue weighted by Crippen LogP contribution is -2.26. The third-order valence-corrected chi connectivity index (χ3v) is 7.13. The number of nitrogens with zero attached hydrogens (tertiary/aromatic N) is 3. The Hall–Kier alpha value is -3.99. The molecule has 0 spiro atoms. The van der Waals surface area contributed by atoms with E-state index in [0.717, 1.165) is 39.3 Å². The van der Waals surface area contributed by atoms with Gasteiger partial charge in [-0.15, -0.1) is 16.9 Å². The Morgan fingerprint density at radius 3 is 2.38 bits per heavy atom. The van der Waals surface area contributed by atoms with Crippen molar-refractivity contribution in [1.82, 2.24) is 14.3 Å². The molecule has 0 saturated heterocycles. The molecule has 4 aromatic rings. The van der Waals surface area contributed by atoms with Crippen LogP contribution in [0.4, 0.5) is 13.2 Å². The predicted molar refractivity (Wildman–Crippen MR) is 146 cm³/mol. The number of aromatic nitrogens is 3. The van der Waals surface area contributed by atoms with Gasteiger partial charge in [-0.1, -0.05) is 43.7 Å². The van der Waals surface area contributed by atoms with Crippen LogP contribution in [-0.2, 0) is 17.5 Å². The monoisotopic (exact) mass is 571 g/mol. The van der Waals surface area contributed by atoms with E-state index >= 15 is 0 Å². The molecule has 40 heavy (non-hydrogen) atoms. The van der Waals surface area contributed by atoms with Gasteiger partial charge in [-0.2, -0.15) is 17.9 Å². The standard InChI is InChI=1S/C29H28F3N3O4S/c1-3-4-16-34-27(33-35(28(34)38)22-12-10-21(11-13-22)29(30,31)32)26(20-8-6-5-7-9-20)39-24-15-14-23(17-19(24)2)40-18-25(36)37/h5-15,17,26H,3-4,16,18H2,1-2H3,(H,36,37). The molecular formula is C29H28F3N3O4S. The largest absolute Gasteiger partial charge is 0.481 e. The third kappa shape index (κ3) is 6.77. The minimum Gasteiger partial charge on any atom is -0.481 e. The maximum atomic E-state index is 13.5. The Balaban J connectivity index is 1.78. The smallest absolute Gasteiger partial charge is 0.416 e. The molecule has 4 rings (SSSR count). The first-order valence-electron chi connectivity index (χ1n) is 12.6. The molecule has 0 fully saturated rings. The average molecular weight is 572 g/mol. The Bertz CT molecular complexity index is 1520. The molecule has 1 unspecified atom stereocenters. The van der Waals surface area contributed by atoms with E-state index in [1.54, 1.807) is 12.1 Å². The molecule has 210 valence electrons. The van der Waals surface area contributed by atoms with Gasteiger partial charge in [0.25, 0.3) is 0 Å². The number of benzene rings is 3. The molecule has 1 N–H and O–H groups in total. The molecule has 0 amide bonds. The maximum absolute atomic E-state index is 13.5. The highest BCUT2D eigenvalue weighted by Crippen LogP contribution is 2.33. The van der Waals surface area contributed by atoms with Crippen molar-refractivity contribution in [2.24, 2.45) is 0 Å². The summed E-state index contributed by atoms with van der Waals surface area (Å²) in [6.07, 6.45) is -3.82. The fraction of sp³-hybridized carbons (Fsp3) is 0.276. The third-order valence-electron chi connectivity index (χ3n) is 6.16. The lowest BCUT2D eigenvalue weighted by Gasteiger charge is -2.21. The van der Waals surface area contributed by atoms with Gasteiger partial charge in [-0.3, -0.25) is 9.36 Å². The van der Waals surface area contributed by atoms with Gasteiger partial charge < -0.3 is 9.84 Å². The topological polar surface area (TPSA) is 86.3 Å². The zero-order valence-corrected chi connectivity index (χ0v) is 22.7. The van der Waals surface area contributed by atoms with Crippen LogP contribution in [0.1, 0.15) is 48.4 Å². The average Bonchev–Trinajstić information content (AvgIpc) is 3.25. The number of carboxylic acid groups (broad SMARTS) is 1. The predicted octanol–water partition coefficient (Wildman–Crippen LogP) is 6.51. The first-order valence-corrected chi connectivity index (χ1v) is 13.6. The summed E-state index contributed by atoms with van der Waals surface area (Å²) in [7, 11) is 0. The second-order valence-electron chi connectivity index (χ2n) is 9.12. The maximum Gasteiger partial charge on any atom is 0.416 e. The van der Waals surface area contributed by atoms with Crippen LogP contribution in [0.3, 0.4) is 0 Å². The fourth-order valence-electron chi connectivity index (χ4n) is 4.11. The minimum absolute atomic E-state index is 0.0720. The van der Waals surface area contributed by atoms with Gasteiger partial charge >= 0.3 is 17.8 Å². The number of hydrogen-bond acceptors (Lipinski definition) is 5. The quantitative estimate of drug-likeness (QED) is 0.207. The summed E-state index contributed by atoms with van der Waals surface area (Å²) in [5, 5.41) is 13.6. The number of carbonyl (C=O) groups is 1. The van der Waals surface area contributed by atoms with Crippen LogP contribution in [0.2, 0.25) is 0 Å². The second-order valence-corrected chi connectivity index (χ2v) is 10.2. The number of halogens is 3. The van der Waals surface area contributed by atoms with Crippen LogP contribution in [0.15, 0.2) is 82.5 Å². The number of carboxylic acids is 1. The van der Waals surface area contributed by atoms with Gasteiger partial charge in [0.05, 0.1) is 17.0 Å². The van der Waals surface area contributed by atoms with Crippen molar-refractivity contribution >= 4 is 17.7 Å². The van der Waals surface area contributed by atoms with E-state index in [0.29, 0.717) is 24.5 Å². The second kappa shape index (κ2) is 12.5. The van der Waals surface area contributed by atoms with Gasteiger partial charge in [-0.05, 0) is 61.4 Å². The first kappa shape index (κ1) is 29.0. The summed E-state index contributed by atoms with van der Waals surface area (Å²) in [5.74, 6) is -0.154. The summed E-state index contributed by atoms with van der Waals surface area (Å²) in [4.78, 5) is 25.3. The lowest BCUT2D eigenvalue weighted by molar-refractivity contribution is -0.137. The number of rotatable bonds is 11. The molecule has 1 atom stereocenters. The van der Waals surface area contributed by atoms with E-state index in [-0.39, 0.29) is 11.4 Å². The van der Waals surface area contributed by atoms with Crippen molar-refractivity contribution in [2.75, 3.05) is 5.75 Å². The number of aliphatic carboxylic acids is 1. The summed E-state index contributed by atoms with van der Waals surface area (Å²) in [6, 6.07) is 18.9. The molecule has 0 aliphatic heterocycles. The van der Waals surface area contributed by atoms with Crippen molar-refractivity contribution in [1.29, 1.82) is 0 Å². The van der Waals surface area contributed by atoms with E-state index in [9.17, 15) is 22.8 Å². The van der Waals surface area contributed by atoms with Crippen LogP contribution in [0, 0.1) is 6.92 Å². The highest BCUT2D eigenvalue weighted by atomic mass is 32.2. The molecule has 0 aliphatic carbocycles. The molecule has 0 aliphatic rings. The van der Waals surface area contributed by atoms with Crippen LogP contribution in [-0.4, -0.2) is 31.2 Å². The molecular weight excluding hydrogens is 543 g/mol. The Kier molecular flexibility index (Phi) is 9.03. The number of aryl methyl sites for hydroxylation is 1. The Morgan fingerprint density at radius 2 is 1.77 bits per heavy atom. The molecule has 11 heteroatoms. The molecule has 7 nitrogen and oxygen atoms in total. The minimum atomic E-state index is -4.50. The molecule has 1 aromatic heterocycles. The van der Waals surface area contributed by atoms with E-state index in [1.807, 2.05) is 50.2 Å². The molecule has 0 bridgehead atoms. The summed E-state index contributed by atoms with van der Waals surface area (Å²) >= 11 is 1.19. The highest BCUT2D eigenvalue weighted by molar-refractivity contribution is 8.00. The van der Waals surface area contributed by atoms with Gasteiger partial charge in [0, 0.05) is 17.0 Å². The van der Waals surface area contributed by atoms with E-state index in [1.165, 1.54) is 28.5 Å². The molecule has 0 saturated carbocycles. The number of unbranched alkanes of at least 4 members (excludes halogenated alkanes) is 1. The first-order chi connectivity index (χ1) is 19.1. The van der Waals surface area contributed by atoms with Crippen LogP contribution >= 0.6 is 11.8 Å². The van der Waals surface area contributed by atoms with Gasteiger partial charge in [0.15, 0.2) is 11.9 Å². The van der Waals surface area contributed by atoms with Crippen LogP contribution in [0.5, 0.6) is 5.75 Å². The van der Waals surface area contributed by atoms with Crippen molar-refractivity contribution in [3.8, 4) is 11.4 Å². The summed E-state index contributed by atoms with van der Waals surface area (Å²) < 4.78 is 48.4. The number of ether oxygens (including phenoxy) is 1. The Labute approximate surface area is 233 Å². The molecule has 3 aromatic carbocycles. The molecule has 0 radical (unpaired) electrons. The summed E-state index contributed by atoms with van der Waals surface area (Å²) in [6.45, 7) is 4.18. The fourth-order valence-corrected chi connectivity index (χ4v) is 4.82. The lowest BCUT2D eigenvalue weighted by atomic mass is 10.1. The van der Waals surface area contributed by atoms with Gasteiger partial charge in [0.1, 0.15) is 5.75 Å². The SMILES string of the molecule is CCCCn1c(C(Oc2ccc(SCC(=O)O)cc2C)c2ccccc2)nn(-c2ccc(C(F)(F)F)cc2)c1=O. The van der Waals surface area contributed by atoms with Crippen molar-refractivity contribution in [3.63, 3.8) is 0 Å². The normalized spacial score (nSPS) is 12.3. The van der Waals surface area contributed by atoms with E-state index < -0.39 is 29.5 Å². The number of alkyl halides is 3. The number of hydrogen-bond donors (Lipinski definition) is 1. The zero-order valence-electron chi connectivity index (χ0n) is 21.9. The highest BCUT2D eigenvalue weighted by Gasteiger charge is 2.31. The summed E-state index contributed by atoms with van der Waals surface area (Å²) in [5.41, 5.74) is 0.401. The van der Waals surface area contributed by atoms with Crippen LogP contribution < -0.4 is 10.4 Å². The van der Waals surface area contributed by atoms with Gasteiger partial charge in [-0.25, -0.2) is 4.79 Å². The van der Waals surface area contributed by atoms with Gasteiger partial charge in [0.2, 0.25) is 0 Å². The van der Waals surface area contributed by atoms with Crippen LogP contribution in [0.25, 0.3) is 5.69 Å². The van der Waals surface area contributed by atoms with Crippen molar-refractivity contribution in [3.05, 3.63) is 106 Å². The van der Waals surface area contributed by atoms with E-state index in [4.69, 9.17) is 9.84 Å². The van der Waals surface area contributed by atoms with E-state index in [2.05, 4.69) is 5.10 Å². The Morgan fingerprint density at radius 1 is 1.07 bits per heavy atom. The van der Waals surface area contributed by atoms with Crippen molar-refractivity contribution < 1.29 is 27.8 Å². The molecule has 1 heterocycles.